The first kappa shape index (κ1) is 19.8. The molecule has 0 radical (unpaired) electrons. The predicted molar refractivity (Wildman–Crippen MR) is 108 cm³/mol. The minimum atomic E-state index is -0.409. The Labute approximate surface area is 167 Å². The lowest BCUT2D eigenvalue weighted by atomic mass is 10.2. The number of carbonyl (C=O) groups excluding carboxylic acids is 1. The normalized spacial score (nSPS) is 11.7. The van der Waals surface area contributed by atoms with Gasteiger partial charge in [-0.2, -0.15) is 0 Å². The molecule has 7 nitrogen and oxygen atoms in total. The summed E-state index contributed by atoms with van der Waals surface area (Å²) in [4.78, 5) is 12.4. The quantitative estimate of drug-likeness (QED) is 0.596. The number of aryl methyl sites for hydroxylation is 1. The van der Waals surface area contributed by atoms with Crippen molar-refractivity contribution < 1.29 is 18.7 Å². The Morgan fingerprint density at radius 1 is 1.11 bits per heavy atom. The van der Waals surface area contributed by atoms with Crippen molar-refractivity contribution in [3.8, 4) is 23.0 Å². The first-order valence-corrected chi connectivity index (χ1v) is 9.47. The number of amides is 1. The fourth-order valence-electron chi connectivity index (χ4n) is 2.48. The number of ether oxygens (including phenoxy) is 2. The largest absolute Gasteiger partial charge is 0.497 e. The molecule has 146 valence electrons. The highest BCUT2D eigenvalue weighted by Crippen LogP contribution is 2.31. The maximum absolute atomic E-state index is 12.4. The Bertz CT molecular complexity index is 951. The number of benzene rings is 2. The van der Waals surface area contributed by atoms with Gasteiger partial charge in [0.05, 0.1) is 19.5 Å². The van der Waals surface area contributed by atoms with Crippen molar-refractivity contribution >= 4 is 23.4 Å². The van der Waals surface area contributed by atoms with Crippen molar-refractivity contribution in [1.29, 1.82) is 0 Å². The zero-order valence-corrected chi connectivity index (χ0v) is 16.9. The fraction of sp³-hybridized carbons (Fsp3) is 0.250. The summed E-state index contributed by atoms with van der Waals surface area (Å²) in [6.45, 7) is 3.76. The van der Waals surface area contributed by atoms with Gasteiger partial charge in [0.15, 0.2) is 0 Å². The Hall–Kier alpha value is -3.00. The van der Waals surface area contributed by atoms with Crippen LogP contribution in [0.3, 0.4) is 0 Å². The van der Waals surface area contributed by atoms with E-state index in [1.54, 1.807) is 39.3 Å². The third kappa shape index (κ3) is 4.83. The zero-order valence-electron chi connectivity index (χ0n) is 16.1. The SMILES string of the molecule is COc1cc(OC)cc(-c2nnc(S[C@@H](C)C(=O)Nc3cccc(C)c3)o2)c1. The summed E-state index contributed by atoms with van der Waals surface area (Å²) in [6, 6.07) is 12.9. The molecule has 1 heterocycles. The molecule has 0 fully saturated rings. The van der Waals surface area contributed by atoms with Crippen molar-refractivity contribution in [2.24, 2.45) is 0 Å². The molecule has 1 amide bonds. The van der Waals surface area contributed by atoms with Gasteiger partial charge in [-0.15, -0.1) is 10.2 Å². The maximum atomic E-state index is 12.4. The number of nitrogens with one attached hydrogen (secondary N) is 1. The summed E-state index contributed by atoms with van der Waals surface area (Å²) in [5.74, 6) is 1.42. The van der Waals surface area contributed by atoms with Crippen LogP contribution >= 0.6 is 11.8 Å². The highest BCUT2D eigenvalue weighted by Gasteiger charge is 2.19. The molecule has 0 aliphatic carbocycles. The number of thioether (sulfide) groups is 1. The van der Waals surface area contributed by atoms with E-state index in [0.717, 1.165) is 11.3 Å². The molecule has 3 aromatic rings. The van der Waals surface area contributed by atoms with E-state index in [1.807, 2.05) is 31.2 Å². The number of anilines is 1. The standard InChI is InChI=1S/C20H21N3O4S/c1-12-6-5-7-15(8-12)21-18(24)13(2)28-20-23-22-19(27-20)14-9-16(25-3)11-17(10-14)26-4/h5-11,13H,1-4H3,(H,21,24)/t13-/m0/s1. The molecule has 3 rings (SSSR count). The summed E-state index contributed by atoms with van der Waals surface area (Å²) >= 11 is 1.20. The molecule has 0 spiro atoms. The van der Waals surface area contributed by atoms with E-state index in [9.17, 15) is 4.79 Å². The highest BCUT2D eigenvalue weighted by atomic mass is 32.2. The van der Waals surface area contributed by atoms with Crippen LogP contribution in [0.15, 0.2) is 52.1 Å². The second-order valence-electron chi connectivity index (χ2n) is 6.09. The number of hydrogen-bond acceptors (Lipinski definition) is 7. The summed E-state index contributed by atoms with van der Waals surface area (Å²) in [6.07, 6.45) is 0. The second kappa shape index (κ2) is 8.79. The van der Waals surface area contributed by atoms with Crippen LogP contribution in [0.25, 0.3) is 11.5 Å². The van der Waals surface area contributed by atoms with E-state index in [-0.39, 0.29) is 5.91 Å². The van der Waals surface area contributed by atoms with E-state index >= 15 is 0 Å². The summed E-state index contributed by atoms with van der Waals surface area (Å²) in [5, 5.41) is 10.9. The number of nitrogens with zero attached hydrogens (tertiary/aromatic N) is 2. The Kier molecular flexibility index (Phi) is 6.20. The van der Waals surface area contributed by atoms with E-state index in [4.69, 9.17) is 13.9 Å². The van der Waals surface area contributed by atoms with E-state index in [0.29, 0.717) is 28.2 Å². The molecule has 2 aromatic carbocycles. The molecular formula is C20H21N3O4S. The fourth-order valence-corrected chi connectivity index (χ4v) is 3.16. The monoisotopic (exact) mass is 399 g/mol. The molecular weight excluding hydrogens is 378 g/mol. The van der Waals surface area contributed by atoms with Crippen LogP contribution in [0, 0.1) is 6.92 Å². The first-order valence-electron chi connectivity index (χ1n) is 8.59. The molecule has 0 bridgehead atoms. The minimum Gasteiger partial charge on any atom is -0.497 e. The lowest BCUT2D eigenvalue weighted by Gasteiger charge is -2.10. The molecule has 1 atom stereocenters. The number of carbonyl (C=O) groups is 1. The van der Waals surface area contributed by atoms with Gasteiger partial charge in [-0.3, -0.25) is 4.79 Å². The van der Waals surface area contributed by atoms with Gasteiger partial charge < -0.3 is 19.2 Å². The number of aromatic nitrogens is 2. The predicted octanol–water partition coefficient (Wildman–Crippen LogP) is 4.18. The smallest absolute Gasteiger partial charge is 0.277 e. The van der Waals surface area contributed by atoms with Crippen LogP contribution in [0.1, 0.15) is 12.5 Å². The highest BCUT2D eigenvalue weighted by molar-refractivity contribution is 8.00. The second-order valence-corrected chi connectivity index (χ2v) is 7.39. The van der Waals surface area contributed by atoms with Gasteiger partial charge in [0, 0.05) is 17.3 Å². The van der Waals surface area contributed by atoms with Gasteiger partial charge in [-0.05, 0) is 43.7 Å². The van der Waals surface area contributed by atoms with Crippen LogP contribution in [0.4, 0.5) is 5.69 Å². The van der Waals surface area contributed by atoms with Crippen molar-refractivity contribution in [1.82, 2.24) is 10.2 Å². The van der Waals surface area contributed by atoms with Crippen LogP contribution in [0.2, 0.25) is 0 Å². The Morgan fingerprint density at radius 3 is 2.46 bits per heavy atom. The minimum absolute atomic E-state index is 0.140. The first-order chi connectivity index (χ1) is 13.5. The van der Waals surface area contributed by atoms with E-state index < -0.39 is 5.25 Å². The van der Waals surface area contributed by atoms with Gasteiger partial charge in [-0.25, -0.2) is 0 Å². The van der Waals surface area contributed by atoms with Crippen molar-refractivity contribution in [3.05, 3.63) is 48.0 Å². The molecule has 0 saturated carbocycles. The average molecular weight is 399 g/mol. The van der Waals surface area contributed by atoms with Crippen LogP contribution in [0.5, 0.6) is 11.5 Å². The van der Waals surface area contributed by atoms with Gasteiger partial charge in [0.25, 0.3) is 5.22 Å². The topological polar surface area (TPSA) is 86.5 Å². The average Bonchev–Trinajstić information content (AvgIpc) is 3.16. The van der Waals surface area contributed by atoms with Gasteiger partial charge >= 0.3 is 0 Å². The third-order valence-corrected chi connectivity index (χ3v) is 4.87. The summed E-state index contributed by atoms with van der Waals surface area (Å²) < 4.78 is 16.2. The third-order valence-electron chi connectivity index (χ3n) is 3.94. The van der Waals surface area contributed by atoms with Crippen LogP contribution in [-0.4, -0.2) is 35.6 Å². The van der Waals surface area contributed by atoms with Crippen molar-refractivity contribution in [2.75, 3.05) is 19.5 Å². The number of rotatable bonds is 7. The molecule has 0 aliphatic rings. The van der Waals surface area contributed by atoms with Gasteiger partial charge in [0.2, 0.25) is 11.8 Å². The van der Waals surface area contributed by atoms with E-state index in [2.05, 4.69) is 15.5 Å². The van der Waals surface area contributed by atoms with Crippen LogP contribution in [-0.2, 0) is 4.79 Å². The molecule has 1 N–H and O–H groups in total. The zero-order chi connectivity index (χ0) is 20.1. The number of hydrogen-bond donors (Lipinski definition) is 1. The molecule has 0 saturated heterocycles. The lowest BCUT2D eigenvalue weighted by Crippen LogP contribution is -2.22. The molecule has 0 unspecified atom stereocenters. The van der Waals surface area contributed by atoms with Gasteiger partial charge in [-0.1, -0.05) is 23.9 Å². The maximum Gasteiger partial charge on any atom is 0.277 e. The number of methoxy groups -OCH3 is 2. The van der Waals surface area contributed by atoms with E-state index in [1.165, 1.54) is 11.8 Å². The van der Waals surface area contributed by atoms with Crippen LogP contribution < -0.4 is 14.8 Å². The molecule has 28 heavy (non-hydrogen) atoms. The summed E-state index contributed by atoms with van der Waals surface area (Å²) in [7, 11) is 3.14. The molecule has 1 aromatic heterocycles. The van der Waals surface area contributed by atoms with Crippen molar-refractivity contribution in [3.63, 3.8) is 0 Å². The molecule has 8 heteroatoms. The summed E-state index contributed by atoms with van der Waals surface area (Å²) in [5.41, 5.74) is 2.51. The van der Waals surface area contributed by atoms with Gasteiger partial charge in [0.1, 0.15) is 11.5 Å². The lowest BCUT2D eigenvalue weighted by molar-refractivity contribution is -0.115. The Balaban J connectivity index is 1.69. The Morgan fingerprint density at radius 2 is 1.82 bits per heavy atom. The molecule has 0 aliphatic heterocycles. The van der Waals surface area contributed by atoms with Crippen molar-refractivity contribution in [2.45, 2.75) is 24.3 Å².